The molecule has 6 nitrogen and oxygen atoms in total. The van der Waals surface area contributed by atoms with E-state index in [1.807, 2.05) is 13.0 Å². The number of alkyl halides is 3. The Labute approximate surface area is 162 Å². The monoisotopic (exact) mass is 407 g/mol. The Balaban J connectivity index is 1.61. The van der Waals surface area contributed by atoms with Crippen molar-refractivity contribution in [2.75, 3.05) is 18.4 Å². The molecule has 0 bridgehead atoms. The molecule has 3 heterocycles. The molecule has 0 saturated carbocycles. The van der Waals surface area contributed by atoms with E-state index in [0.29, 0.717) is 23.8 Å². The molecule has 4 rings (SSSR count). The zero-order chi connectivity index (χ0) is 19.9. The summed E-state index contributed by atoms with van der Waals surface area (Å²) in [6, 6.07) is 6.35. The molecule has 1 aromatic carbocycles. The number of aromatic nitrogens is 3. The number of rotatable bonds is 4. The van der Waals surface area contributed by atoms with Crippen LogP contribution in [0.4, 0.5) is 24.8 Å². The largest absolute Gasteiger partial charge is 0.433 e. The summed E-state index contributed by atoms with van der Waals surface area (Å²) >= 11 is 1.39. The Kier molecular flexibility index (Phi) is 4.56. The third kappa shape index (κ3) is 3.71. The number of β-amino-alcohol motifs (C(OH)–C–C–N with tert-alkyl or cyclic N) is 1. The Bertz CT molecular complexity index is 1020. The first-order chi connectivity index (χ1) is 13.2. The van der Waals surface area contributed by atoms with Gasteiger partial charge in [-0.05, 0) is 36.2 Å². The van der Waals surface area contributed by atoms with Gasteiger partial charge in [-0.2, -0.15) is 13.2 Å². The zero-order valence-electron chi connectivity index (χ0n) is 14.7. The van der Waals surface area contributed by atoms with Crippen molar-refractivity contribution in [3.63, 3.8) is 0 Å². The third-order valence-electron chi connectivity index (χ3n) is 4.30. The minimum Gasteiger partial charge on any atom is -0.380 e. The Morgan fingerprint density at radius 1 is 1.21 bits per heavy atom. The van der Waals surface area contributed by atoms with E-state index in [1.165, 1.54) is 11.3 Å². The van der Waals surface area contributed by atoms with Gasteiger partial charge in [0, 0.05) is 31.2 Å². The molecule has 1 aliphatic rings. The molecule has 146 valence electrons. The number of nitrogens with one attached hydrogen (secondary N) is 2. The fourth-order valence-electron chi connectivity index (χ4n) is 2.84. The number of anilines is 2. The lowest BCUT2D eigenvalue weighted by atomic mass is 9.99. The van der Waals surface area contributed by atoms with E-state index in [9.17, 15) is 18.3 Å². The summed E-state index contributed by atoms with van der Waals surface area (Å²) in [4.78, 5) is 12.6. The van der Waals surface area contributed by atoms with Crippen LogP contribution in [0.15, 0.2) is 36.7 Å². The van der Waals surface area contributed by atoms with Gasteiger partial charge in [-0.3, -0.25) is 0 Å². The van der Waals surface area contributed by atoms with Crippen molar-refractivity contribution >= 4 is 23.0 Å². The van der Waals surface area contributed by atoms with Crippen molar-refractivity contribution in [1.82, 2.24) is 20.3 Å². The quantitative estimate of drug-likeness (QED) is 0.615. The summed E-state index contributed by atoms with van der Waals surface area (Å²) in [5.74, 6) is -0.133. The van der Waals surface area contributed by atoms with Gasteiger partial charge in [0.15, 0.2) is 0 Å². The second-order valence-corrected chi connectivity index (χ2v) is 7.67. The lowest BCUT2D eigenvalue weighted by Gasteiger charge is -2.35. The highest BCUT2D eigenvalue weighted by Crippen LogP contribution is 2.35. The molecule has 2 aromatic heterocycles. The maximum Gasteiger partial charge on any atom is 0.433 e. The van der Waals surface area contributed by atoms with Crippen LogP contribution >= 0.6 is 11.3 Å². The van der Waals surface area contributed by atoms with E-state index in [4.69, 9.17) is 0 Å². The van der Waals surface area contributed by atoms with Crippen molar-refractivity contribution in [2.24, 2.45) is 0 Å². The van der Waals surface area contributed by atoms with E-state index < -0.39 is 17.5 Å². The van der Waals surface area contributed by atoms with Gasteiger partial charge in [0.25, 0.3) is 0 Å². The predicted octanol–water partition coefficient (Wildman–Crippen LogP) is 3.46. The molecule has 28 heavy (non-hydrogen) atoms. The average molecular weight is 407 g/mol. The molecule has 0 unspecified atom stereocenters. The zero-order valence-corrected chi connectivity index (χ0v) is 15.5. The summed E-state index contributed by atoms with van der Waals surface area (Å²) in [7, 11) is 0. The number of hydrogen-bond donors (Lipinski definition) is 3. The maximum atomic E-state index is 12.8. The number of aryl methyl sites for hydroxylation is 1. The Morgan fingerprint density at radius 3 is 2.68 bits per heavy atom. The van der Waals surface area contributed by atoms with Crippen LogP contribution in [0, 0.1) is 6.92 Å². The predicted molar refractivity (Wildman–Crippen MR) is 99.4 cm³/mol. The van der Waals surface area contributed by atoms with Crippen LogP contribution in [0.25, 0.3) is 10.4 Å². The smallest absolute Gasteiger partial charge is 0.380 e. The summed E-state index contributed by atoms with van der Waals surface area (Å²) in [6.07, 6.45) is -1.78. The first-order valence-electron chi connectivity index (χ1n) is 8.42. The van der Waals surface area contributed by atoms with Gasteiger partial charge < -0.3 is 15.7 Å². The Morgan fingerprint density at radius 2 is 2.00 bits per heavy atom. The number of aliphatic hydroxyl groups is 1. The first kappa shape index (κ1) is 18.8. The van der Waals surface area contributed by atoms with Crippen LogP contribution in [0.3, 0.4) is 0 Å². The van der Waals surface area contributed by atoms with E-state index >= 15 is 0 Å². The molecular formula is C18H16F3N5OS. The number of thiazole rings is 1. The molecular weight excluding hydrogens is 391 g/mol. The molecule has 3 aromatic rings. The van der Waals surface area contributed by atoms with Crippen molar-refractivity contribution < 1.29 is 18.3 Å². The van der Waals surface area contributed by atoms with Crippen molar-refractivity contribution in [2.45, 2.75) is 18.7 Å². The maximum absolute atomic E-state index is 12.8. The molecule has 1 saturated heterocycles. The van der Waals surface area contributed by atoms with Crippen LogP contribution < -0.4 is 10.6 Å². The second kappa shape index (κ2) is 6.80. The molecule has 10 heteroatoms. The van der Waals surface area contributed by atoms with Crippen LogP contribution in [-0.2, 0) is 11.8 Å². The highest BCUT2D eigenvalue weighted by molar-refractivity contribution is 7.15. The van der Waals surface area contributed by atoms with Gasteiger partial charge in [0.05, 0.1) is 4.88 Å². The number of benzene rings is 1. The van der Waals surface area contributed by atoms with E-state index in [-0.39, 0.29) is 5.95 Å². The lowest BCUT2D eigenvalue weighted by Crippen LogP contribution is -2.56. The van der Waals surface area contributed by atoms with E-state index in [2.05, 4.69) is 25.6 Å². The molecule has 0 spiro atoms. The summed E-state index contributed by atoms with van der Waals surface area (Å²) < 4.78 is 38.5. The molecule has 0 aliphatic carbocycles. The molecule has 0 amide bonds. The minimum atomic E-state index is -4.53. The van der Waals surface area contributed by atoms with Crippen molar-refractivity contribution in [1.29, 1.82) is 0 Å². The van der Waals surface area contributed by atoms with Gasteiger partial charge >= 0.3 is 6.18 Å². The topological polar surface area (TPSA) is 83.0 Å². The normalized spacial score (nSPS) is 15.9. The number of hydrogen-bond acceptors (Lipinski definition) is 7. The van der Waals surface area contributed by atoms with Crippen molar-refractivity contribution in [3.8, 4) is 10.4 Å². The second-order valence-electron chi connectivity index (χ2n) is 6.64. The average Bonchev–Trinajstić information content (AvgIpc) is 3.09. The van der Waals surface area contributed by atoms with Gasteiger partial charge in [-0.1, -0.05) is 6.07 Å². The summed E-state index contributed by atoms with van der Waals surface area (Å²) in [5.41, 5.74) is 0.375. The summed E-state index contributed by atoms with van der Waals surface area (Å²) in [5, 5.41) is 16.9. The van der Waals surface area contributed by atoms with Crippen molar-refractivity contribution in [3.05, 3.63) is 52.9 Å². The molecule has 3 N–H and O–H groups in total. The van der Waals surface area contributed by atoms with Crippen LogP contribution in [0.2, 0.25) is 0 Å². The third-order valence-corrected chi connectivity index (χ3v) is 5.54. The fourth-order valence-corrected chi connectivity index (χ4v) is 3.83. The molecule has 0 atom stereocenters. The van der Waals surface area contributed by atoms with E-state index in [0.717, 1.165) is 28.3 Å². The standard InChI is InChI=1S/C18H16F3N5OS/c1-10-4-11(13-7-24-15(28-13)17(27)8-22-9-17)6-12(5-10)25-16-23-3-2-14(26-16)18(19,20)21/h2-7,22,27H,8-9H2,1H3,(H,23,25,26). The van der Waals surface area contributed by atoms with Gasteiger partial charge in [0.1, 0.15) is 16.3 Å². The Hall–Kier alpha value is -2.56. The van der Waals surface area contributed by atoms with E-state index in [1.54, 1.807) is 18.3 Å². The minimum absolute atomic E-state index is 0.133. The number of nitrogens with zero attached hydrogens (tertiary/aromatic N) is 3. The lowest BCUT2D eigenvalue weighted by molar-refractivity contribution is -0.141. The van der Waals surface area contributed by atoms with Gasteiger partial charge in [-0.25, -0.2) is 15.0 Å². The highest BCUT2D eigenvalue weighted by atomic mass is 32.1. The number of halogens is 3. The first-order valence-corrected chi connectivity index (χ1v) is 9.23. The SMILES string of the molecule is Cc1cc(Nc2nccc(C(F)(F)F)n2)cc(-c2cnc(C3(O)CNC3)s2)c1. The molecule has 1 fully saturated rings. The molecule has 0 radical (unpaired) electrons. The van der Waals surface area contributed by atoms with Crippen LogP contribution in [0.5, 0.6) is 0 Å². The summed E-state index contributed by atoms with van der Waals surface area (Å²) in [6.45, 7) is 2.81. The van der Waals surface area contributed by atoms with Gasteiger partial charge in [-0.15, -0.1) is 11.3 Å². The van der Waals surface area contributed by atoms with Crippen LogP contribution in [-0.4, -0.2) is 33.1 Å². The molecule has 1 aliphatic heterocycles. The van der Waals surface area contributed by atoms with Crippen LogP contribution in [0.1, 0.15) is 16.3 Å². The highest BCUT2D eigenvalue weighted by Gasteiger charge is 2.39. The fraction of sp³-hybridized carbons (Fsp3) is 0.278. The van der Waals surface area contributed by atoms with Gasteiger partial charge in [0.2, 0.25) is 5.95 Å².